The summed E-state index contributed by atoms with van der Waals surface area (Å²) in [6.45, 7) is 6.39. The molecule has 1 aliphatic heterocycles. The third-order valence-electron chi connectivity index (χ3n) is 3.20. The minimum atomic E-state index is 0.352. The molecule has 3 rings (SSSR count). The van der Waals surface area contributed by atoms with Crippen molar-refractivity contribution in [2.45, 2.75) is 26.2 Å². The van der Waals surface area contributed by atoms with Gasteiger partial charge >= 0.3 is 6.01 Å². The van der Waals surface area contributed by atoms with Gasteiger partial charge in [0.05, 0.1) is 0 Å². The minimum absolute atomic E-state index is 0.352. The van der Waals surface area contributed by atoms with Crippen molar-refractivity contribution in [3.63, 3.8) is 0 Å². The van der Waals surface area contributed by atoms with Gasteiger partial charge in [-0.05, 0) is 18.3 Å². The van der Waals surface area contributed by atoms with E-state index < -0.39 is 0 Å². The van der Waals surface area contributed by atoms with E-state index in [1.165, 1.54) is 6.42 Å². The van der Waals surface area contributed by atoms with E-state index in [-0.39, 0.29) is 0 Å². The van der Waals surface area contributed by atoms with E-state index in [0.29, 0.717) is 5.92 Å². The smallest absolute Gasteiger partial charge is 0.324 e. The largest absolute Gasteiger partial charge is 0.324 e. The molecule has 1 saturated carbocycles. The van der Waals surface area contributed by atoms with Crippen LogP contribution in [0.25, 0.3) is 0 Å². The Hall–Kier alpha value is -1.06. The van der Waals surface area contributed by atoms with Crippen molar-refractivity contribution in [3.8, 4) is 0 Å². The van der Waals surface area contributed by atoms with Crippen LogP contribution in [0.3, 0.4) is 0 Å². The Morgan fingerprint density at radius 3 is 2.64 bits per heavy atom. The summed E-state index contributed by atoms with van der Waals surface area (Å²) in [6, 6.07) is 0.723. The topological polar surface area (TPSA) is 42.2 Å². The van der Waals surface area contributed by atoms with Gasteiger partial charge in [0.15, 0.2) is 5.82 Å². The lowest BCUT2D eigenvalue weighted by molar-refractivity contribution is 0.405. The van der Waals surface area contributed by atoms with Crippen molar-refractivity contribution >= 4 is 6.01 Å². The van der Waals surface area contributed by atoms with Crippen LogP contribution in [-0.2, 0) is 0 Å². The van der Waals surface area contributed by atoms with Crippen LogP contribution < -0.4 is 4.90 Å². The Labute approximate surface area is 83.3 Å². The second kappa shape index (κ2) is 2.72. The maximum absolute atomic E-state index is 5.24. The lowest BCUT2D eigenvalue weighted by Gasteiger charge is -2.13. The van der Waals surface area contributed by atoms with Crippen molar-refractivity contribution in [2.24, 2.45) is 11.8 Å². The molecule has 2 atom stereocenters. The standard InChI is InChI=1S/C10H15N3O/c1-6(2)9-11-10(14-12-9)13-4-7-3-8(7)5-13/h6-8H,3-5H2,1-2H3. The van der Waals surface area contributed by atoms with Crippen molar-refractivity contribution in [2.75, 3.05) is 18.0 Å². The molecule has 0 bridgehead atoms. The van der Waals surface area contributed by atoms with Crippen molar-refractivity contribution in [1.82, 2.24) is 10.1 Å². The lowest BCUT2D eigenvalue weighted by Crippen LogP contribution is -2.22. The van der Waals surface area contributed by atoms with E-state index in [1.807, 2.05) is 0 Å². The van der Waals surface area contributed by atoms with Gasteiger partial charge in [0.2, 0.25) is 0 Å². The lowest BCUT2D eigenvalue weighted by atomic mass is 10.2. The summed E-state index contributed by atoms with van der Waals surface area (Å²) in [5.74, 6) is 2.99. The van der Waals surface area contributed by atoms with Gasteiger partial charge in [-0.1, -0.05) is 19.0 Å². The molecule has 0 aromatic carbocycles. The van der Waals surface area contributed by atoms with Crippen LogP contribution in [0.4, 0.5) is 6.01 Å². The van der Waals surface area contributed by atoms with Crippen LogP contribution in [0, 0.1) is 11.8 Å². The maximum atomic E-state index is 5.24. The fraction of sp³-hybridized carbons (Fsp3) is 0.800. The number of hydrogen-bond acceptors (Lipinski definition) is 4. The van der Waals surface area contributed by atoms with E-state index in [0.717, 1.165) is 36.8 Å². The van der Waals surface area contributed by atoms with Crippen molar-refractivity contribution in [1.29, 1.82) is 0 Å². The maximum Gasteiger partial charge on any atom is 0.324 e. The molecule has 76 valence electrons. The SMILES string of the molecule is CC(C)c1noc(N2CC3CC3C2)n1. The molecule has 2 heterocycles. The predicted octanol–water partition coefficient (Wildman–Crippen LogP) is 1.65. The first kappa shape index (κ1) is 8.26. The Balaban J connectivity index is 1.76. The van der Waals surface area contributed by atoms with Crippen molar-refractivity contribution < 1.29 is 4.52 Å². The van der Waals surface area contributed by atoms with Gasteiger partial charge in [0.1, 0.15) is 0 Å². The highest BCUT2D eigenvalue weighted by Gasteiger charge is 2.46. The highest BCUT2D eigenvalue weighted by Crippen LogP contribution is 2.45. The molecular formula is C10H15N3O. The number of piperidine rings is 1. The summed E-state index contributed by atoms with van der Waals surface area (Å²) >= 11 is 0. The first-order chi connectivity index (χ1) is 6.74. The van der Waals surface area contributed by atoms with E-state index in [9.17, 15) is 0 Å². The Morgan fingerprint density at radius 2 is 2.07 bits per heavy atom. The second-order valence-electron chi connectivity index (χ2n) is 4.75. The van der Waals surface area contributed by atoms with Gasteiger partial charge in [-0.2, -0.15) is 4.98 Å². The first-order valence-electron chi connectivity index (χ1n) is 5.32. The normalized spacial score (nSPS) is 29.8. The number of rotatable bonds is 2. The fourth-order valence-corrected chi connectivity index (χ4v) is 2.14. The van der Waals surface area contributed by atoms with Gasteiger partial charge in [-0.3, -0.25) is 0 Å². The summed E-state index contributed by atoms with van der Waals surface area (Å²) in [4.78, 5) is 6.61. The minimum Gasteiger partial charge on any atom is -0.324 e. The second-order valence-corrected chi connectivity index (χ2v) is 4.75. The number of anilines is 1. The quantitative estimate of drug-likeness (QED) is 0.716. The van der Waals surface area contributed by atoms with Gasteiger partial charge in [0, 0.05) is 19.0 Å². The van der Waals surface area contributed by atoms with Crippen LogP contribution in [0.1, 0.15) is 32.0 Å². The number of hydrogen-bond donors (Lipinski definition) is 0. The molecule has 2 aliphatic rings. The molecule has 0 N–H and O–H groups in total. The Bertz CT molecular complexity index is 337. The molecule has 2 unspecified atom stereocenters. The molecule has 14 heavy (non-hydrogen) atoms. The third kappa shape index (κ3) is 1.21. The summed E-state index contributed by atoms with van der Waals surface area (Å²) in [5, 5.41) is 3.97. The molecule has 0 spiro atoms. The van der Waals surface area contributed by atoms with Crippen LogP contribution in [0.15, 0.2) is 4.52 Å². The van der Waals surface area contributed by atoms with Crippen molar-refractivity contribution in [3.05, 3.63) is 5.82 Å². The first-order valence-corrected chi connectivity index (χ1v) is 5.32. The Kier molecular flexibility index (Phi) is 1.60. The van der Waals surface area contributed by atoms with Crippen LogP contribution in [0.2, 0.25) is 0 Å². The van der Waals surface area contributed by atoms with Gasteiger partial charge < -0.3 is 9.42 Å². The number of fused-ring (bicyclic) bond motifs is 1. The van der Waals surface area contributed by atoms with Gasteiger partial charge in [-0.25, -0.2) is 0 Å². The van der Waals surface area contributed by atoms with Gasteiger partial charge in [0.25, 0.3) is 0 Å². The van der Waals surface area contributed by atoms with E-state index in [2.05, 4.69) is 28.9 Å². The molecule has 1 saturated heterocycles. The molecule has 1 aromatic heterocycles. The van der Waals surface area contributed by atoms with E-state index in [4.69, 9.17) is 4.52 Å². The van der Waals surface area contributed by atoms with Gasteiger partial charge in [-0.15, -0.1) is 0 Å². The van der Waals surface area contributed by atoms with Crippen LogP contribution in [0.5, 0.6) is 0 Å². The van der Waals surface area contributed by atoms with E-state index >= 15 is 0 Å². The molecule has 0 amide bonds. The monoisotopic (exact) mass is 193 g/mol. The highest BCUT2D eigenvalue weighted by atomic mass is 16.5. The molecular weight excluding hydrogens is 178 g/mol. The summed E-state index contributed by atoms with van der Waals surface area (Å²) in [6.07, 6.45) is 1.40. The molecule has 1 aromatic rings. The predicted molar refractivity (Wildman–Crippen MR) is 52.2 cm³/mol. The number of aromatic nitrogens is 2. The highest BCUT2D eigenvalue weighted by molar-refractivity contribution is 5.31. The molecule has 1 aliphatic carbocycles. The van der Waals surface area contributed by atoms with E-state index in [1.54, 1.807) is 0 Å². The molecule has 2 fully saturated rings. The zero-order chi connectivity index (χ0) is 9.71. The zero-order valence-corrected chi connectivity index (χ0v) is 8.60. The summed E-state index contributed by atoms with van der Waals surface area (Å²) in [5.41, 5.74) is 0. The fourth-order valence-electron chi connectivity index (χ4n) is 2.14. The average Bonchev–Trinajstić information content (AvgIpc) is 2.69. The summed E-state index contributed by atoms with van der Waals surface area (Å²) in [7, 11) is 0. The molecule has 0 radical (unpaired) electrons. The summed E-state index contributed by atoms with van der Waals surface area (Å²) < 4.78 is 5.24. The van der Waals surface area contributed by atoms with Crippen LogP contribution >= 0.6 is 0 Å². The third-order valence-corrected chi connectivity index (χ3v) is 3.20. The average molecular weight is 193 g/mol. The molecule has 4 heteroatoms. The molecule has 4 nitrogen and oxygen atoms in total. The zero-order valence-electron chi connectivity index (χ0n) is 8.60. The van der Waals surface area contributed by atoms with Crippen LogP contribution in [-0.4, -0.2) is 23.2 Å². The number of nitrogens with zero attached hydrogens (tertiary/aromatic N) is 3. The Morgan fingerprint density at radius 1 is 1.36 bits per heavy atom.